The van der Waals surface area contributed by atoms with Gasteiger partial charge in [-0.1, -0.05) is 37.3 Å². The van der Waals surface area contributed by atoms with Gasteiger partial charge in [-0.3, -0.25) is 4.79 Å². The fourth-order valence-corrected chi connectivity index (χ4v) is 2.84. The Morgan fingerprint density at radius 2 is 2.11 bits per heavy atom. The molecule has 0 aromatic heterocycles. The Balaban J connectivity index is 1.81. The Hall–Kier alpha value is -1.15. The Morgan fingerprint density at radius 1 is 1.33 bits per heavy atom. The van der Waals surface area contributed by atoms with Gasteiger partial charge in [-0.25, -0.2) is 0 Å². The summed E-state index contributed by atoms with van der Waals surface area (Å²) in [5.41, 5.74) is 1.27. The van der Waals surface area contributed by atoms with Crippen molar-refractivity contribution in [1.29, 1.82) is 0 Å². The second kappa shape index (κ2) is 6.14. The minimum absolute atomic E-state index is 0.0588. The number of rotatable bonds is 6. The van der Waals surface area contributed by atoms with Crippen molar-refractivity contribution in [2.45, 2.75) is 39.0 Å². The van der Waals surface area contributed by atoms with Gasteiger partial charge in [0, 0.05) is 18.4 Å². The lowest BCUT2D eigenvalue weighted by atomic mass is 9.78. The molecule has 1 aromatic carbocycles. The minimum atomic E-state index is -0.0588. The van der Waals surface area contributed by atoms with Crippen molar-refractivity contribution in [3.63, 3.8) is 0 Å². The highest BCUT2D eigenvalue weighted by Crippen LogP contribution is 2.32. The monoisotopic (exact) mass is 245 g/mol. The van der Waals surface area contributed by atoms with Crippen molar-refractivity contribution in [1.82, 2.24) is 5.32 Å². The molecule has 1 aliphatic heterocycles. The zero-order chi connectivity index (χ0) is 12.8. The van der Waals surface area contributed by atoms with Crippen LogP contribution in [0.5, 0.6) is 0 Å². The van der Waals surface area contributed by atoms with Crippen LogP contribution in [0.1, 0.15) is 38.2 Å². The molecule has 1 N–H and O–H groups in total. The van der Waals surface area contributed by atoms with Crippen molar-refractivity contribution < 1.29 is 4.79 Å². The molecule has 1 heterocycles. The second-order valence-corrected chi connectivity index (χ2v) is 5.32. The molecule has 98 valence electrons. The molecule has 2 heteroatoms. The summed E-state index contributed by atoms with van der Waals surface area (Å²) < 4.78 is 0. The van der Waals surface area contributed by atoms with Crippen LogP contribution in [0, 0.1) is 5.41 Å². The van der Waals surface area contributed by atoms with E-state index in [4.69, 9.17) is 0 Å². The molecule has 1 fully saturated rings. The van der Waals surface area contributed by atoms with E-state index in [1.807, 2.05) is 6.07 Å². The highest BCUT2D eigenvalue weighted by molar-refractivity contribution is 5.85. The number of nitrogens with one attached hydrogen (secondary N) is 1. The Kier molecular flexibility index (Phi) is 4.54. The van der Waals surface area contributed by atoms with E-state index in [0.29, 0.717) is 5.78 Å². The van der Waals surface area contributed by atoms with Crippen molar-refractivity contribution in [2.24, 2.45) is 5.41 Å². The highest BCUT2D eigenvalue weighted by atomic mass is 16.1. The fourth-order valence-electron chi connectivity index (χ4n) is 2.84. The van der Waals surface area contributed by atoms with Crippen molar-refractivity contribution >= 4 is 5.78 Å². The van der Waals surface area contributed by atoms with Gasteiger partial charge in [-0.2, -0.15) is 0 Å². The maximum atomic E-state index is 12.3. The van der Waals surface area contributed by atoms with Gasteiger partial charge in [0.25, 0.3) is 0 Å². The van der Waals surface area contributed by atoms with E-state index >= 15 is 0 Å². The first-order valence-electron chi connectivity index (χ1n) is 7.05. The lowest BCUT2D eigenvalue weighted by Crippen LogP contribution is -2.32. The smallest absolute Gasteiger partial charge is 0.140 e. The summed E-state index contributed by atoms with van der Waals surface area (Å²) in [7, 11) is 0. The SMILES string of the molecule is CCC1(C(=O)CCCc2ccccc2)CCNC1. The third-order valence-electron chi connectivity index (χ3n) is 4.22. The van der Waals surface area contributed by atoms with Crippen molar-refractivity contribution in [3.05, 3.63) is 35.9 Å². The average molecular weight is 245 g/mol. The zero-order valence-electron chi connectivity index (χ0n) is 11.2. The number of aryl methyl sites for hydroxylation is 1. The fraction of sp³-hybridized carbons (Fsp3) is 0.562. The number of carbonyl (C=O) groups excluding carboxylic acids is 1. The number of benzene rings is 1. The van der Waals surface area contributed by atoms with Crippen molar-refractivity contribution in [2.75, 3.05) is 13.1 Å². The van der Waals surface area contributed by atoms with Crippen LogP contribution in [0.4, 0.5) is 0 Å². The topological polar surface area (TPSA) is 29.1 Å². The summed E-state index contributed by atoms with van der Waals surface area (Å²) in [5.74, 6) is 0.464. The van der Waals surface area contributed by atoms with Crippen LogP contribution in [0.2, 0.25) is 0 Å². The normalized spacial score (nSPS) is 23.2. The van der Waals surface area contributed by atoms with Gasteiger partial charge >= 0.3 is 0 Å². The van der Waals surface area contributed by atoms with Gasteiger partial charge in [0.1, 0.15) is 5.78 Å². The lowest BCUT2D eigenvalue weighted by molar-refractivity contribution is -0.128. The number of hydrogen-bond acceptors (Lipinski definition) is 2. The first-order valence-corrected chi connectivity index (χ1v) is 7.05. The summed E-state index contributed by atoms with van der Waals surface area (Å²) in [4.78, 5) is 12.3. The Labute approximate surface area is 110 Å². The van der Waals surface area contributed by atoms with Gasteiger partial charge in [0.2, 0.25) is 0 Å². The standard InChI is InChI=1S/C16H23NO/c1-2-16(11-12-17-13-16)15(18)10-6-9-14-7-4-3-5-8-14/h3-5,7-8,17H,2,6,9-13H2,1H3. The molecule has 18 heavy (non-hydrogen) atoms. The molecular weight excluding hydrogens is 222 g/mol. The number of ketones is 1. The molecule has 0 saturated carbocycles. The molecule has 1 saturated heterocycles. The quantitative estimate of drug-likeness (QED) is 0.835. The molecule has 2 rings (SSSR count). The van der Waals surface area contributed by atoms with Gasteiger partial charge in [-0.05, 0) is 37.8 Å². The second-order valence-electron chi connectivity index (χ2n) is 5.32. The molecule has 1 unspecified atom stereocenters. The third-order valence-corrected chi connectivity index (χ3v) is 4.22. The maximum Gasteiger partial charge on any atom is 0.140 e. The van der Waals surface area contributed by atoms with Crippen LogP contribution in [-0.2, 0) is 11.2 Å². The van der Waals surface area contributed by atoms with E-state index in [2.05, 4.69) is 36.5 Å². The van der Waals surface area contributed by atoms with Gasteiger partial charge in [-0.15, -0.1) is 0 Å². The molecule has 0 amide bonds. The average Bonchev–Trinajstić information content (AvgIpc) is 2.90. The predicted octanol–water partition coefficient (Wildman–Crippen LogP) is 2.97. The first kappa shape index (κ1) is 13.3. The van der Waals surface area contributed by atoms with Crippen LogP contribution in [0.15, 0.2) is 30.3 Å². The third kappa shape index (κ3) is 2.99. The number of carbonyl (C=O) groups is 1. The van der Waals surface area contributed by atoms with E-state index in [-0.39, 0.29) is 5.41 Å². The van der Waals surface area contributed by atoms with Gasteiger partial charge in [0.05, 0.1) is 0 Å². The molecule has 0 radical (unpaired) electrons. The number of Topliss-reactive ketones (excluding diaryl/α,β-unsaturated/α-hetero) is 1. The van der Waals surface area contributed by atoms with Crippen LogP contribution in [0.25, 0.3) is 0 Å². The van der Waals surface area contributed by atoms with Gasteiger partial charge < -0.3 is 5.32 Å². The highest BCUT2D eigenvalue weighted by Gasteiger charge is 2.38. The van der Waals surface area contributed by atoms with E-state index in [9.17, 15) is 4.79 Å². The minimum Gasteiger partial charge on any atom is -0.316 e. The molecule has 0 aliphatic carbocycles. The van der Waals surface area contributed by atoms with Crippen molar-refractivity contribution in [3.8, 4) is 0 Å². The molecule has 0 spiro atoms. The molecular formula is C16H23NO. The Morgan fingerprint density at radius 3 is 2.72 bits per heavy atom. The molecule has 1 atom stereocenters. The van der Waals surface area contributed by atoms with E-state index in [1.165, 1.54) is 5.56 Å². The van der Waals surface area contributed by atoms with Crippen LogP contribution >= 0.6 is 0 Å². The summed E-state index contributed by atoms with van der Waals surface area (Å²) in [6, 6.07) is 10.4. The Bertz CT molecular complexity index is 379. The molecule has 0 bridgehead atoms. The summed E-state index contributed by atoms with van der Waals surface area (Å²) in [5, 5.41) is 3.33. The summed E-state index contributed by atoms with van der Waals surface area (Å²) in [6.07, 6.45) is 4.71. The van der Waals surface area contributed by atoms with E-state index < -0.39 is 0 Å². The molecule has 1 aromatic rings. The van der Waals surface area contributed by atoms with Gasteiger partial charge in [0.15, 0.2) is 0 Å². The summed E-state index contributed by atoms with van der Waals surface area (Å²) in [6.45, 7) is 4.02. The van der Waals surface area contributed by atoms with Crippen LogP contribution in [0.3, 0.4) is 0 Å². The first-order chi connectivity index (χ1) is 8.77. The predicted molar refractivity (Wildman–Crippen MR) is 74.6 cm³/mol. The van der Waals surface area contributed by atoms with Crippen LogP contribution < -0.4 is 5.32 Å². The largest absolute Gasteiger partial charge is 0.316 e. The number of hydrogen-bond donors (Lipinski definition) is 1. The molecule has 1 aliphatic rings. The van der Waals surface area contributed by atoms with Crippen LogP contribution in [-0.4, -0.2) is 18.9 Å². The van der Waals surface area contributed by atoms with E-state index in [0.717, 1.165) is 45.2 Å². The lowest BCUT2D eigenvalue weighted by Gasteiger charge is -2.24. The zero-order valence-corrected chi connectivity index (χ0v) is 11.2. The maximum absolute atomic E-state index is 12.3. The van der Waals surface area contributed by atoms with E-state index in [1.54, 1.807) is 0 Å². The summed E-state index contributed by atoms with van der Waals surface area (Å²) >= 11 is 0. The molecule has 2 nitrogen and oxygen atoms in total.